The van der Waals surface area contributed by atoms with Crippen molar-refractivity contribution in [1.29, 1.82) is 0 Å². The van der Waals surface area contributed by atoms with Crippen LogP contribution in [0.3, 0.4) is 0 Å². The summed E-state index contributed by atoms with van der Waals surface area (Å²) in [5, 5.41) is 7.72. The molecule has 0 fully saturated rings. The minimum Gasteiger partial charge on any atom is -0.432 e. The number of nitrogens with one attached hydrogen (secondary N) is 1. The van der Waals surface area contributed by atoms with E-state index in [0.717, 1.165) is 40.3 Å². The predicted octanol–water partition coefficient (Wildman–Crippen LogP) is 5.09. The Bertz CT molecular complexity index is 1290. The van der Waals surface area contributed by atoms with Crippen LogP contribution in [-0.2, 0) is 11.3 Å². The molecule has 2 aromatic heterocycles. The molecule has 0 unspecified atom stereocenters. The summed E-state index contributed by atoms with van der Waals surface area (Å²) in [4.78, 5) is 17.0. The first-order chi connectivity index (χ1) is 15.3. The van der Waals surface area contributed by atoms with Gasteiger partial charge in [0.25, 0.3) is 0 Å². The molecule has 0 aliphatic rings. The minimum atomic E-state index is -3.16. The minimum absolute atomic E-state index is 0.0711. The molecular weight excluding hydrogens is 421 g/mol. The molecule has 0 aliphatic carbocycles. The van der Waals surface area contributed by atoms with Gasteiger partial charge in [0, 0.05) is 17.6 Å². The van der Waals surface area contributed by atoms with Gasteiger partial charge in [0.2, 0.25) is 5.91 Å². The topological polar surface area (TPSA) is 69.0 Å². The molecule has 32 heavy (non-hydrogen) atoms. The Morgan fingerprint density at radius 1 is 1.12 bits per heavy atom. The largest absolute Gasteiger partial charge is 0.432 e. The van der Waals surface area contributed by atoms with Gasteiger partial charge in [-0.25, -0.2) is 14.1 Å². The number of ether oxygens (including phenoxy) is 1. The zero-order valence-electron chi connectivity index (χ0n) is 17.3. The SMILES string of the molecule is Cc1ccc(-c2ccnc3c2c(C)nn3CC(=O)Nc2ccc(F)cc2OC(F)F)cc1. The van der Waals surface area contributed by atoms with Crippen molar-refractivity contribution in [1.82, 2.24) is 14.8 Å². The fourth-order valence-corrected chi connectivity index (χ4v) is 3.48. The molecule has 4 aromatic rings. The maximum atomic E-state index is 13.4. The number of alkyl halides is 2. The Balaban J connectivity index is 1.62. The van der Waals surface area contributed by atoms with Crippen molar-refractivity contribution in [2.24, 2.45) is 0 Å². The smallest absolute Gasteiger partial charge is 0.387 e. The van der Waals surface area contributed by atoms with Crippen LogP contribution in [0, 0.1) is 19.7 Å². The fraction of sp³-hybridized carbons (Fsp3) is 0.174. The highest BCUT2D eigenvalue weighted by Gasteiger charge is 2.18. The highest BCUT2D eigenvalue weighted by molar-refractivity contribution is 5.96. The van der Waals surface area contributed by atoms with Crippen molar-refractivity contribution in [3.63, 3.8) is 0 Å². The van der Waals surface area contributed by atoms with E-state index >= 15 is 0 Å². The molecule has 1 N–H and O–H groups in total. The zero-order chi connectivity index (χ0) is 22.8. The number of fused-ring (bicyclic) bond motifs is 1. The number of carbonyl (C=O) groups is 1. The van der Waals surface area contributed by atoms with Crippen LogP contribution in [0.1, 0.15) is 11.3 Å². The summed E-state index contributed by atoms with van der Waals surface area (Å²) < 4.78 is 44.4. The molecule has 0 saturated carbocycles. The second-order valence-corrected chi connectivity index (χ2v) is 7.23. The lowest BCUT2D eigenvalue weighted by molar-refractivity contribution is -0.116. The van der Waals surface area contributed by atoms with Gasteiger partial charge in [0.05, 0.1) is 11.4 Å². The van der Waals surface area contributed by atoms with Gasteiger partial charge in [-0.3, -0.25) is 4.79 Å². The second-order valence-electron chi connectivity index (χ2n) is 7.23. The summed E-state index contributed by atoms with van der Waals surface area (Å²) in [6, 6.07) is 12.9. The van der Waals surface area contributed by atoms with Crippen molar-refractivity contribution < 1.29 is 22.7 Å². The highest BCUT2D eigenvalue weighted by Crippen LogP contribution is 2.30. The van der Waals surface area contributed by atoms with Crippen LogP contribution in [0.5, 0.6) is 5.75 Å². The molecule has 4 rings (SSSR count). The first-order valence-corrected chi connectivity index (χ1v) is 9.75. The van der Waals surface area contributed by atoms with Gasteiger partial charge in [-0.05, 0) is 43.2 Å². The van der Waals surface area contributed by atoms with Gasteiger partial charge >= 0.3 is 6.61 Å². The third-order valence-electron chi connectivity index (χ3n) is 4.90. The van der Waals surface area contributed by atoms with Crippen LogP contribution >= 0.6 is 0 Å². The van der Waals surface area contributed by atoms with Crippen LogP contribution in [0.15, 0.2) is 54.7 Å². The standard InChI is InChI=1S/C23H19F3N4O2/c1-13-3-5-15(6-4-13)17-9-10-27-22-21(17)14(2)29-30(22)12-20(31)28-18-8-7-16(24)11-19(18)32-23(25)26/h3-11,23H,12H2,1-2H3,(H,28,31). The van der Waals surface area contributed by atoms with Crippen LogP contribution < -0.4 is 10.1 Å². The molecule has 0 radical (unpaired) electrons. The Morgan fingerprint density at radius 2 is 1.88 bits per heavy atom. The van der Waals surface area contributed by atoms with Crippen molar-refractivity contribution in [3.8, 4) is 16.9 Å². The number of halogens is 3. The summed E-state index contributed by atoms with van der Waals surface area (Å²) in [6.07, 6.45) is 1.64. The quantitative estimate of drug-likeness (QED) is 0.453. The second kappa shape index (κ2) is 8.70. The average Bonchev–Trinajstić information content (AvgIpc) is 3.06. The Morgan fingerprint density at radius 3 is 2.59 bits per heavy atom. The summed E-state index contributed by atoms with van der Waals surface area (Å²) in [7, 11) is 0. The molecule has 0 saturated heterocycles. The Hall–Kier alpha value is -3.88. The van der Waals surface area contributed by atoms with Gasteiger partial charge in [-0.15, -0.1) is 0 Å². The Kier molecular flexibility index (Phi) is 5.81. The van der Waals surface area contributed by atoms with Crippen LogP contribution in [0.25, 0.3) is 22.2 Å². The first-order valence-electron chi connectivity index (χ1n) is 9.75. The number of hydrogen-bond acceptors (Lipinski definition) is 4. The van der Waals surface area contributed by atoms with E-state index in [2.05, 4.69) is 20.1 Å². The maximum Gasteiger partial charge on any atom is 0.387 e. The van der Waals surface area contributed by atoms with E-state index in [1.54, 1.807) is 6.20 Å². The van der Waals surface area contributed by atoms with Crippen molar-refractivity contribution in [2.75, 3.05) is 5.32 Å². The number of pyridine rings is 1. The van der Waals surface area contributed by atoms with Crippen LogP contribution in [0.2, 0.25) is 0 Å². The number of nitrogens with zero attached hydrogens (tertiary/aromatic N) is 3. The Labute approximate surface area is 181 Å². The molecule has 2 aromatic carbocycles. The van der Waals surface area contributed by atoms with E-state index in [0.29, 0.717) is 11.3 Å². The lowest BCUT2D eigenvalue weighted by Crippen LogP contribution is -2.20. The number of rotatable bonds is 6. The first kappa shape index (κ1) is 21.4. The lowest BCUT2D eigenvalue weighted by Gasteiger charge is -2.12. The molecule has 2 heterocycles. The highest BCUT2D eigenvalue weighted by atomic mass is 19.3. The fourth-order valence-electron chi connectivity index (χ4n) is 3.48. The number of hydrogen-bond donors (Lipinski definition) is 1. The third-order valence-corrected chi connectivity index (χ3v) is 4.90. The molecule has 0 spiro atoms. The lowest BCUT2D eigenvalue weighted by atomic mass is 10.0. The van der Waals surface area contributed by atoms with Gasteiger partial charge < -0.3 is 10.1 Å². The number of carbonyl (C=O) groups excluding carboxylic acids is 1. The molecular formula is C23H19F3N4O2. The van der Waals surface area contributed by atoms with Crippen LogP contribution in [0.4, 0.5) is 18.9 Å². The molecule has 164 valence electrons. The summed E-state index contributed by atoms with van der Waals surface area (Å²) in [5.41, 5.74) is 4.21. The monoisotopic (exact) mass is 440 g/mol. The van der Waals surface area contributed by atoms with Crippen molar-refractivity contribution >= 4 is 22.6 Å². The summed E-state index contributed by atoms with van der Waals surface area (Å²) in [5.74, 6) is -1.78. The average molecular weight is 440 g/mol. The van der Waals surface area contributed by atoms with E-state index < -0.39 is 24.1 Å². The number of amides is 1. The molecule has 1 amide bonds. The predicted molar refractivity (Wildman–Crippen MR) is 114 cm³/mol. The van der Waals surface area contributed by atoms with E-state index in [9.17, 15) is 18.0 Å². The maximum absolute atomic E-state index is 13.4. The molecule has 0 bridgehead atoms. The molecule has 9 heteroatoms. The van der Waals surface area contributed by atoms with E-state index in [1.807, 2.05) is 44.2 Å². The number of anilines is 1. The van der Waals surface area contributed by atoms with E-state index in [-0.39, 0.29) is 12.2 Å². The molecule has 0 aliphatic heterocycles. The van der Waals surface area contributed by atoms with Crippen molar-refractivity contribution in [3.05, 3.63) is 71.8 Å². The van der Waals surface area contributed by atoms with E-state index in [1.165, 1.54) is 4.68 Å². The van der Waals surface area contributed by atoms with Gasteiger partial charge in [-0.2, -0.15) is 13.9 Å². The third kappa shape index (κ3) is 4.41. The van der Waals surface area contributed by atoms with Gasteiger partial charge in [-0.1, -0.05) is 29.8 Å². The normalized spacial score (nSPS) is 11.2. The van der Waals surface area contributed by atoms with Gasteiger partial charge in [0.1, 0.15) is 12.4 Å². The molecule has 6 nitrogen and oxygen atoms in total. The van der Waals surface area contributed by atoms with Crippen molar-refractivity contribution in [2.45, 2.75) is 27.0 Å². The number of aryl methyl sites for hydroxylation is 2. The van der Waals surface area contributed by atoms with Gasteiger partial charge in [0.15, 0.2) is 11.4 Å². The van der Waals surface area contributed by atoms with E-state index in [4.69, 9.17) is 0 Å². The number of benzene rings is 2. The summed E-state index contributed by atoms with van der Waals surface area (Å²) >= 11 is 0. The molecule has 0 atom stereocenters. The van der Waals surface area contributed by atoms with Crippen LogP contribution in [-0.4, -0.2) is 27.3 Å². The number of aromatic nitrogens is 3. The zero-order valence-corrected chi connectivity index (χ0v) is 17.3. The summed E-state index contributed by atoms with van der Waals surface area (Å²) in [6.45, 7) is 0.451.